The number of hydrogen-bond acceptors (Lipinski definition) is 6. The molecule has 0 rings (SSSR count). The van der Waals surface area contributed by atoms with Crippen LogP contribution in [0.15, 0.2) is 0 Å². The molecular weight excluding hydrogens is 901 g/mol. The molecule has 0 aliphatic rings. The van der Waals surface area contributed by atoms with E-state index < -0.39 is 6.10 Å². The minimum absolute atomic E-state index is 0.0616. The van der Waals surface area contributed by atoms with E-state index >= 15 is 0 Å². The van der Waals surface area contributed by atoms with Gasteiger partial charge in [-0.05, 0) is 31.1 Å². The molecule has 6 nitrogen and oxygen atoms in total. The van der Waals surface area contributed by atoms with E-state index in [2.05, 4.69) is 34.6 Å². The first kappa shape index (κ1) is 71.4. The van der Waals surface area contributed by atoms with Gasteiger partial charge in [-0.1, -0.05) is 343 Å². The molecule has 0 spiro atoms. The van der Waals surface area contributed by atoms with Crippen molar-refractivity contribution in [1.82, 2.24) is 0 Å². The maximum Gasteiger partial charge on any atom is 0.306 e. The Morgan fingerprint density at radius 3 is 0.781 bits per heavy atom. The van der Waals surface area contributed by atoms with Gasteiger partial charge in [-0.15, -0.1) is 0 Å². The summed E-state index contributed by atoms with van der Waals surface area (Å²) in [5.41, 5.74) is 0. The Kier molecular flexibility index (Phi) is 58.4. The average Bonchev–Trinajstić information content (AvgIpc) is 3.38. The first-order chi connectivity index (χ1) is 35.8. The summed E-state index contributed by atoms with van der Waals surface area (Å²) in [6, 6.07) is 0. The Morgan fingerprint density at radius 1 is 0.288 bits per heavy atom. The molecule has 0 bridgehead atoms. The van der Waals surface area contributed by atoms with Crippen molar-refractivity contribution in [3.8, 4) is 0 Å². The molecule has 2 atom stereocenters. The number of rotatable bonds is 61. The van der Waals surface area contributed by atoms with Crippen molar-refractivity contribution in [3.05, 3.63) is 0 Å². The van der Waals surface area contributed by atoms with Crippen LogP contribution in [-0.2, 0) is 28.6 Å². The van der Waals surface area contributed by atoms with Gasteiger partial charge in [0.2, 0.25) is 0 Å². The van der Waals surface area contributed by atoms with Crippen molar-refractivity contribution in [2.75, 3.05) is 13.2 Å². The molecule has 0 heterocycles. The lowest BCUT2D eigenvalue weighted by molar-refractivity contribution is -0.167. The normalized spacial score (nSPS) is 12.4. The molecular formula is C67H130O6. The zero-order valence-electron chi connectivity index (χ0n) is 50.3. The number of esters is 3. The molecule has 0 saturated carbocycles. The molecule has 0 aliphatic carbocycles. The fraction of sp³-hybridized carbons (Fsp3) is 0.955. The maximum atomic E-state index is 12.9. The smallest absolute Gasteiger partial charge is 0.306 e. The van der Waals surface area contributed by atoms with Gasteiger partial charge in [-0.25, -0.2) is 0 Å². The first-order valence-corrected chi connectivity index (χ1v) is 33.3. The van der Waals surface area contributed by atoms with Crippen LogP contribution in [0.3, 0.4) is 0 Å². The topological polar surface area (TPSA) is 78.9 Å². The molecule has 0 saturated heterocycles. The van der Waals surface area contributed by atoms with Gasteiger partial charge >= 0.3 is 17.9 Å². The van der Waals surface area contributed by atoms with Crippen LogP contribution in [0.5, 0.6) is 0 Å². The first-order valence-electron chi connectivity index (χ1n) is 33.3. The fourth-order valence-corrected chi connectivity index (χ4v) is 10.4. The fourth-order valence-electron chi connectivity index (χ4n) is 10.4. The number of carbonyl (C=O) groups is 3. The predicted molar refractivity (Wildman–Crippen MR) is 316 cm³/mol. The van der Waals surface area contributed by atoms with Gasteiger partial charge in [0, 0.05) is 19.3 Å². The molecule has 6 heteroatoms. The highest BCUT2D eigenvalue weighted by molar-refractivity contribution is 5.71. The van der Waals surface area contributed by atoms with E-state index in [-0.39, 0.29) is 31.1 Å². The Labute approximate surface area is 457 Å². The summed E-state index contributed by atoms with van der Waals surface area (Å²) in [4.78, 5) is 38.4. The summed E-state index contributed by atoms with van der Waals surface area (Å²) >= 11 is 0. The molecule has 434 valence electrons. The van der Waals surface area contributed by atoms with Crippen LogP contribution in [-0.4, -0.2) is 37.2 Å². The van der Waals surface area contributed by atoms with E-state index in [9.17, 15) is 14.4 Å². The van der Waals surface area contributed by atoms with Crippen LogP contribution in [0.25, 0.3) is 0 Å². The predicted octanol–water partition coefficient (Wildman–Crippen LogP) is 22.4. The lowest BCUT2D eigenvalue weighted by atomic mass is 9.99. The number of hydrogen-bond donors (Lipinski definition) is 0. The van der Waals surface area contributed by atoms with E-state index in [1.165, 1.54) is 270 Å². The van der Waals surface area contributed by atoms with Crippen LogP contribution >= 0.6 is 0 Å². The number of unbranched alkanes of at least 4 members (excludes halogenated alkanes) is 45. The minimum atomic E-state index is -0.764. The Balaban J connectivity index is 4.27. The molecule has 0 aromatic heterocycles. The highest BCUT2D eigenvalue weighted by Gasteiger charge is 2.19. The molecule has 0 fully saturated rings. The summed E-state index contributed by atoms with van der Waals surface area (Å²) in [6.07, 6.45) is 66.8. The van der Waals surface area contributed by atoms with E-state index in [1.807, 2.05) is 0 Å². The van der Waals surface area contributed by atoms with E-state index in [0.29, 0.717) is 19.3 Å². The lowest BCUT2D eigenvalue weighted by Crippen LogP contribution is -2.30. The highest BCUT2D eigenvalue weighted by atomic mass is 16.6. The van der Waals surface area contributed by atoms with Gasteiger partial charge in [0.25, 0.3) is 0 Å². The van der Waals surface area contributed by atoms with Gasteiger partial charge in [0.1, 0.15) is 13.2 Å². The van der Waals surface area contributed by atoms with Crippen LogP contribution in [0.4, 0.5) is 0 Å². The molecule has 0 aromatic rings. The Bertz CT molecular complexity index is 1120. The molecule has 1 unspecified atom stereocenters. The lowest BCUT2D eigenvalue weighted by Gasteiger charge is -2.18. The van der Waals surface area contributed by atoms with Crippen LogP contribution in [0.1, 0.15) is 381 Å². The van der Waals surface area contributed by atoms with E-state index in [0.717, 1.165) is 69.6 Å². The van der Waals surface area contributed by atoms with Crippen LogP contribution in [0, 0.1) is 11.8 Å². The summed E-state index contributed by atoms with van der Waals surface area (Å²) < 4.78 is 17.0. The summed E-state index contributed by atoms with van der Waals surface area (Å²) in [6.45, 7) is 11.5. The van der Waals surface area contributed by atoms with Crippen molar-refractivity contribution < 1.29 is 28.6 Å². The largest absolute Gasteiger partial charge is 0.462 e. The zero-order valence-corrected chi connectivity index (χ0v) is 50.3. The Morgan fingerprint density at radius 2 is 0.521 bits per heavy atom. The molecule has 0 amide bonds. The van der Waals surface area contributed by atoms with Crippen LogP contribution < -0.4 is 0 Å². The molecule has 73 heavy (non-hydrogen) atoms. The third-order valence-electron chi connectivity index (χ3n) is 15.8. The third kappa shape index (κ3) is 59.5. The van der Waals surface area contributed by atoms with Gasteiger partial charge < -0.3 is 14.2 Å². The maximum absolute atomic E-state index is 12.9. The van der Waals surface area contributed by atoms with Gasteiger partial charge in [0.05, 0.1) is 0 Å². The van der Waals surface area contributed by atoms with Crippen molar-refractivity contribution in [2.45, 2.75) is 387 Å². The number of carbonyl (C=O) groups excluding carboxylic acids is 3. The van der Waals surface area contributed by atoms with Crippen molar-refractivity contribution in [3.63, 3.8) is 0 Å². The second kappa shape index (κ2) is 59.7. The molecule has 0 aromatic carbocycles. The van der Waals surface area contributed by atoms with Gasteiger partial charge in [-0.2, -0.15) is 0 Å². The minimum Gasteiger partial charge on any atom is -0.462 e. The Hall–Kier alpha value is -1.59. The zero-order chi connectivity index (χ0) is 53.2. The number of ether oxygens (including phenoxy) is 3. The molecule has 0 radical (unpaired) electrons. The quantitative estimate of drug-likeness (QED) is 0.0343. The summed E-state index contributed by atoms with van der Waals surface area (Å²) in [5.74, 6) is 0.914. The molecule has 0 aliphatic heterocycles. The molecule has 0 N–H and O–H groups in total. The van der Waals surface area contributed by atoms with E-state index in [4.69, 9.17) is 14.2 Å². The SMILES string of the molecule is CCCCCCCCCCCCCCCCCCCCC(=O)OC[C@H](COC(=O)CCCCCCCCCCCCCCC(C)C)OC(=O)CCCCCCCCCCCCCCCCCCCCC(C)CC. The van der Waals surface area contributed by atoms with Gasteiger partial charge in [0.15, 0.2) is 6.10 Å². The van der Waals surface area contributed by atoms with Crippen LogP contribution in [0.2, 0.25) is 0 Å². The third-order valence-corrected chi connectivity index (χ3v) is 15.8. The van der Waals surface area contributed by atoms with Crippen molar-refractivity contribution >= 4 is 17.9 Å². The standard InChI is InChI=1S/C67H130O6/c1-6-8-9-10-11-12-13-14-15-16-20-23-26-32-37-42-47-52-57-65(68)71-60-64(61-72-66(69)58-53-48-43-38-33-29-28-30-35-40-45-50-55-62(3)4)73-67(70)59-54-49-44-39-34-27-24-21-18-17-19-22-25-31-36-41-46-51-56-63(5)7-2/h62-64H,6-61H2,1-5H3/t63?,64-/m1/s1. The summed E-state index contributed by atoms with van der Waals surface area (Å²) in [5, 5.41) is 0. The second-order valence-corrected chi connectivity index (χ2v) is 23.8. The monoisotopic (exact) mass is 1030 g/mol. The summed E-state index contributed by atoms with van der Waals surface area (Å²) in [7, 11) is 0. The highest BCUT2D eigenvalue weighted by Crippen LogP contribution is 2.20. The average molecular weight is 1030 g/mol. The van der Waals surface area contributed by atoms with Crippen molar-refractivity contribution in [2.24, 2.45) is 11.8 Å². The van der Waals surface area contributed by atoms with Crippen molar-refractivity contribution in [1.29, 1.82) is 0 Å². The second-order valence-electron chi connectivity index (χ2n) is 23.8. The van der Waals surface area contributed by atoms with Gasteiger partial charge in [-0.3, -0.25) is 14.4 Å². The van der Waals surface area contributed by atoms with E-state index in [1.54, 1.807) is 0 Å².